The topological polar surface area (TPSA) is 148 Å². The lowest BCUT2D eigenvalue weighted by atomic mass is 9.90. The molecule has 44 heavy (non-hydrogen) atoms. The lowest BCUT2D eigenvalue weighted by molar-refractivity contribution is -0.156. The van der Waals surface area contributed by atoms with Gasteiger partial charge in [0, 0.05) is 37.0 Å². The highest BCUT2D eigenvalue weighted by molar-refractivity contribution is 6.21. The Labute approximate surface area is 260 Å². The van der Waals surface area contributed by atoms with Gasteiger partial charge < -0.3 is 25.2 Å². The van der Waals surface area contributed by atoms with Crippen LogP contribution in [0, 0.1) is 11.8 Å². The van der Waals surface area contributed by atoms with E-state index in [1.807, 2.05) is 13.0 Å². The first-order valence-corrected chi connectivity index (χ1v) is 15.1. The van der Waals surface area contributed by atoms with Crippen LogP contribution < -0.4 is 10.6 Å². The average Bonchev–Trinajstić information content (AvgIpc) is 2.99. The van der Waals surface area contributed by atoms with E-state index >= 15 is 0 Å². The molecule has 1 aliphatic heterocycles. The number of carbonyl (C=O) groups is 5. The summed E-state index contributed by atoms with van der Waals surface area (Å²) in [5.74, 6) is -2.90. The number of hydrogen-bond donors (Lipinski definition) is 3. The third kappa shape index (κ3) is 11.3. The second-order valence-corrected chi connectivity index (χ2v) is 11.2. The number of allylic oxidation sites excluding steroid dienone is 8. The number of rotatable bonds is 6. The molecular formula is C34H46N2O8. The van der Waals surface area contributed by atoms with Crippen molar-refractivity contribution in [2.45, 2.75) is 91.1 Å². The number of nitrogens with one attached hydrogen (secondary N) is 2. The third-order valence-electron chi connectivity index (χ3n) is 7.74. The number of ketones is 2. The van der Waals surface area contributed by atoms with Crippen molar-refractivity contribution in [1.29, 1.82) is 0 Å². The number of hydrogen-bond acceptors (Lipinski definition) is 8. The number of carbonyl (C=O) groups excluding carboxylic acids is 5. The highest BCUT2D eigenvalue weighted by Gasteiger charge is 2.30. The van der Waals surface area contributed by atoms with Crippen LogP contribution in [0.25, 0.3) is 0 Å². The maximum atomic E-state index is 13.0. The van der Waals surface area contributed by atoms with Gasteiger partial charge >= 0.3 is 5.97 Å². The third-order valence-corrected chi connectivity index (χ3v) is 7.74. The smallest absolute Gasteiger partial charge is 0.328 e. The molecule has 2 bridgehead atoms. The molecule has 0 aromatic heterocycles. The van der Waals surface area contributed by atoms with Crippen LogP contribution in [-0.4, -0.2) is 65.9 Å². The lowest BCUT2D eigenvalue weighted by Crippen LogP contribution is -2.44. The van der Waals surface area contributed by atoms with Crippen LogP contribution in [0.4, 0.5) is 0 Å². The van der Waals surface area contributed by atoms with Crippen molar-refractivity contribution in [2.75, 3.05) is 7.11 Å². The van der Waals surface area contributed by atoms with Gasteiger partial charge in [0.15, 0.2) is 5.78 Å². The van der Waals surface area contributed by atoms with Crippen LogP contribution in [0.5, 0.6) is 0 Å². The van der Waals surface area contributed by atoms with Gasteiger partial charge in [-0.25, -0.2) is 4.79 Å². The van der Waals surface area contributed by atoms with Gasteiger partial charge in [0.05, 0.1) is 24.3 Å². The summed E-state index contributed by atoms with van der Waals surface area (Å²) < 4.78 is 11.2. The summed E-state index contributed by atoms with van der Waals surface area (Å²) in [5.41, 5.74) is 0.784. The Kier molecular flexibility index (Phi) is 14.9. The number of fused-ring (bicyclic) bond motifs is 2. The van der Waals surface area contributed by atoms with Crippen molar-refractivity contribution in [3.05, 3.63) is 71.5 Å². The van der Waals surface area contributed by atoms with Crippen molar-refractivity contribution in [3.63, 3.8) is 0 Å². The summed E-state index contributed by atoms with van der Waals surface area (Å²) in [6.45, 7) is 8.76. The number of Topliss-reactive ketones (excluding diaryl/α,β-unsaturated/α-hetero) is 1. The molecule has 0 radical (unpaired) electrons. The predicted molar refractivity (Wildman–Crippen MR) is 167 cm³/mol. The number of esters is 1. The van der Waals surface area contributed by atoms with E-state index in [1.54, 1.807) is 64.2 Å². The van der Waals surface area contributed by atoms with Crippen LogP contribution in [0.3, 0.4) is 0 Å². The van der Waals surface area contributed by atoms with Crippen molar-refractivity contribution in [1.82, 2.24) is 10.6 Å². The Hall–Kier alpha value is -3.89. The largest absolute Gasteiger partial charge is 0.460 e. The van der Waals surface area contributed by atoms with Crippen molar-refractivity contribution in [3.8, 4) is 0 Å². The number of aliphatic hydroxyl groups is 1. The van der Waals surface area contributed by atoms with Gasteiger partial charge in [-0.1, -0.05) is 63.3 Å². The van der Waals surface area contributed by atoms with Crippen LogP contribution in [0.2, 0.25) is 0 Å². The second-order valence-electron chi connectivity index (χ2n) is 11.2. The Morgan fingerprint density at radius 2 is 1.82 bits per heavy atom. The standard InChI is InChI=1S/C34H46N2O8/c1-7-21(2)33(41)35-24(5)34(42)44-29-17-12-10-8-9-11-16-27(43-6)20-30(38)36-28-19-26(37)18-25(32(28)40)15-13-14-22(3)31(39)23(29)4/h8-12,14,16,18-19,21,23-24,27,29,31,39H,7,13,15,17,20H2,1-6H3,(H,35,41)(H,36,38)/b9-8-,12-10-,16-11-,22-14-/t21-,23+,24-,27-,29-,31-/m0/s1. The Balaban J connectivity index is 2.32. The van der Waals surface area contributed by atoms with E-state index in [0.29, 0.717) is 24.8 Å². The molecule has 0 spiro atoms. The quantitative estimate of drug-likeness (QED) is 0.234. The molecule has 0 unspecified atom stereocenters. The van der Waals surface area contributed by atoms with Gasteiger partial charge in [-0.15, -0.1) is 0 Å². The summed E-state index contributed by atoms with van der Waals surface area (Å²) in [4.78, 5) is 63.2. The van der Waals surface area contributed by atoms with E-state index in [9.17, 15) is 29.1 Å². The first kappa shape index (κ1) is 36.3. The van der Waals surface area contributed by atoms with Crippen molar-refractivity contribution >= 4 is 29.4 Å². The molecule has 1 aliphatic carbocycles. The van der Waals surface area contributed by atoms with E-state index in [2.05, 4.69) is 10.6 Å². The first-order valence-electron chi connectivity index (χ1n) is 15.1. The maximum absolute atomic E-state index is 13.0. The van der Waals surface area contributed by atoms with Gasteiger partial charge in [-0.05, 0) is 44.8 Å². The van der Waals surface area contributed by atoms with E-state index < -0.39 is 53.7 Å². The molecular weight excluding hydrogens is 564 g/mol. The van der Waals surface area contributed by atoms with Crippen LogP contribution in [0.15, 0.2) is 71.5 Å². The zero-order valence-electron chi connectivity index (χ0n) is 26.5. The Morgan fingerprint density at radius 1 is 1.11 bits per heavy atom. The van der Waals surface area contributed by atoms with Crippen LogP contribution >= 0.6 is 0 Å². The summed E-state index contributed by atoms with van der Waals surface area (Å²) in [7, 11) is 1.46. The number of ether oxygens (including phenoxy) is 2. The Bertz CT molecular complexity index is 1260. The summed E-state index contributed by atoms with van der Waals surface area (Å²) in [5, 5.41) is 16.4. The van der Waals surface area contributed by atoms with Crippen LogP contribution in [0.1, 0.15) is 66.7 Å². The second kappa shape index (κ2) is 18.0. The molecule has 0 aromatic carbocycles. The van der Waals surface area contributed by atoms with Gasteiger partial charge in [0.25, 0.3) is 0 Å². The lowest BCUT2D eigenvalue weighted by Gasteiger charge is -2.29. The minimum atomic E-state index is -0.975. The molecule has 0 aromatic rings. The normalized spacial score (nSPS) is 28.8. The molecule has 1 heterocycles. The molecule has 0 fully saturated rings. The Morgan fingerprint density at radius 3 is 2.50 bits per heavy atom. The molecule has 6 atom stereocenters. The minimum Gasteiger partial charge on any atom is -0.460 e. The molecule has 2 amide bonds. The van der Waals surface area contributed by atoms with Crippen molar-refractivity contribution in [2.24, 2.45) is 11.8 Å². The minimum absolute atomic E-state index is 0.0600. The number of methoxy groups -OCH3 is 1. The first-order chi connectivity index (χ1) is 20.9. The van der Waals surface area contributed by atoms with E-state index in [0.717, 1.165) is 6.08 Å². The highest BCUT2D eigenvalue weighted by Crippen LogP contribution is 2.24. The number of aliphatic hydroxyl groups excluding tert-OH is 1. The maximum Gasteiger partial charge on any atom is 0.328 e. The SMILES string of the molecule is CC[C@H](C)C(=O)N[C@@H](C)C(=O)O[C@H]1C\C=C/C=C\C=C/[C@H](OC)CC(=O)NC2=CC(=O)C=C(CC/C=C(/C)[C@H](O)[C@@H]1C)C2=O. The fourth-order valence-corrected chi connectivity index (χ4v) is 4.58. The van der Waals surface area contributed by atoms with Gasteiger partial charge in [-0.2, -0.15) is 0 Å². The zero-order valence-corrected chi connectivity index (χ0v) is 26.5. The summed E-state index contributed by atoms with van der Waals surface area (Å²) in [6, 6.07) is -0.866. The molecule has 10 heteroatoms. The van der Waals surface area contributed by atoms with Gasteiger partial charge in [0.1, 0.15) is 12.1 Å². The molecule has 240 valence electrons. The fourth-order valence-electron chi connectivity index (χ4n) is 4.58. The molecule has 10 nitrogen and oxygen atoms in total. The van der Waals surface area contributed by atoms with Gasteiger partial charge in [0.2, 0.25) is 17.6 Å². The molecule has 2 aliphatic rings. The van der Waals surface area contributed by atoms with Crippen molar-refractivity contribution < 1.29 is 38.6 Å². The summed E-state index contributed by atoms with van der Waals surface area (Å²) >= 11 is 0. The van der Waals surface area contributed by atoms with E-state index in [4.69, 9.17) is 9.47 Å². The summed E-state index contributed by atoms with van der Waals surface area (Å²) in [6.07, 6.45) is 13.8. The van der Waals surface area contributed by atoms with Gasteiger partial charge in [-0.3, -0.25) is 19.2 Å². The monoisotopic (exact) mass is 610 g/mol. The fraction of sp³-hybridized carbons (Fsp3) is 0.500. The highest BCUT2D eigenvalue weighted by atomic mass is 16.5. The van der Waals surface area contributed by atoms with E-state index in [1.165, 1.54) is 13.2 Å². The molecule has 0 saturated carbocycles. The number of amides is 2. The van der Waals surface area contributed by atoms with E-state index in [-0.39, 0.29) is 35.9 Å². The zero-order chi connectivity index (χ0) is 32.8. The van der Waals surface area contributed by atoms with Crippen LogP contribution in [-0.2, 0) is 33.4 Å². The predicted octanol–water partition coefficient (Wildman–Crippen LogP) is 3.73. The molecule has 2 rings (SSSR count). The average molecular weight is 611 g/mol. The molecule has 0 saturated heterocycles. The molecule has 3 N–H and O–H groups in total.